The normalized spacial score (nSPS) is 17.1. The first-order valence-electron chi connectivity index (χ1n) is 7.77. The van der Waals surface area contributed by atoms with Crippen LogP contribution in [-0.2, 0) is 9.47 Å². The summed E-state index contributed by atoms with van der Waals surface area (Å²) in [6.45, 7) is 8.75. The minimum atomic E-state index is -0.121. The van der Waals surface area contributed by atoms with Crippen LogP contribution in [0.4, 0.5) is 0 Å². The van der Waals surface area contributed by atoms with E-state index in [4.69, 9.17) is 14.2 Å². The van der Waals surface area contributed by atoms with E-state index in [0.717, 1.165) is 25.1 Å². The molecule has 1 aliphatic rings. The van der Waals surface area contributed by atoms with E-state index in [0.29, 0.717) is 13.2 Å². The summed E-state index contributed by atoms with van der Waals surface area (Å²) in [6.07, 6.45) is 1.78. The lowest BCUT2D eigenvalue weighted by molar-refractivity contribution is -0.0531. The maximum Gasteiger partial charge on any atom is 0.159 e. The third kappa shape index (κ3) is 4.19. The summed E-state index contributed by atoms with van der Waals surface area (Å²) in [6, 6.07) is 4.48. The Morgan fingerprint density at radius 1 is 1.29 bits per heavy atom. The zero-order valence-electron chi connectivity index (χ0n) is 13.6. The Kier molecular flexibility index (Phi) is 6.03. The Balaban J connectivity index is 2.25. The van der Waals surface area contributed by atoms with Gasteiger partial charge in [-0.2, -0.15) is 0 Å². The molecule has 118 valence electrons. The van der Waals surface area contributed by atoms with Gasteiger partial charge >= 0.3 is 0 Å². The lowest BCUT2D eigenvalue weighted by atomic mass is 9.95. The zero-order chi connectivity index (χ0) is 15.2. The molecule has 1 atom stereocenters. The van der Waals surface area contributed by atoms with Gasteiger partial charge < -0.3 is 19.5 Å². The van der Waals surface area contributed by atoms with Gasteiger partial charge in [0.25, 0.3) is 0 Å². The molecule has 4 nitrogen and oxygen atoms in total. The van der Waals surface area contributed by atoms with Gasteiger partial charge in [-0.05, 0) is 44.0 Å². The number of benzene rings is 1. The van der Waals surface area contributed by atoms with Crippen molar-refractivity contribution in [3.8, 4) is 5.75 Å². The van der Waals surface area contributed by atoms with E-state index in [9.17, 15) is 0 Å². The van der Waals surface area contributed by atoms with Gasteiger partial charge in [-0.25, -0.2) is 0 Å². The van der Waals surface area contributed by atoms with E-state index >= 15 is 0 Å². The van der Waals surface area contributed by atoms with Gasteiger partial charge in [-0.15, -0.1) is 0 Å². The molecule has 1 N–H and O–H groups in total. The molecule has 1 aliphatic heterocycles. The van der Waals surface area contributed by atoms with E-state index in [1.165, 1.54) is 16.7 Å². The smallest absolute Gasteiger partial charge is 0.159 e. The Hall–Kier alpha value is -1.10. The van der Waals surface area contributed by atoms with Crippen LogP contribution in [0.1, 0.15) is 42.5 Å². The van der Waals surface area contributed by atoms with Crippen molar-refractivity contribution >= 4 is 0 Å². The van der Waals surface area contributed by atoms with Crippen molar-refractivity contribution in [3.63, 3.8) is 0 Å². The van der Waals surface area contributed by atoms with Crippen LogP contribution in [0.5, 0.6) is 5.75 Å². The molecule has 1 saturated heterocycles. The van der Waals surface area contributed by atoms with Crippen molar-refractivity contribution in [2.45, 2.75) is 45.9 Å². The van der Waals surface area contributed by atoms with Gasteiger partial charge in [0, 0.05) is 18.0 Å². The van der Waals surface area contributed by atoms with E-state index < -0.39 is 0 Å². The molecule has 1 heterocycles. The molecule has 1 unspecified atom stereocenters. The molecular weight excluding hydrogens is 266 g/mol. The average Bonchev–Trinajstić information content (AvgIpc) is 2.96. The van der Waals surface area contributed by atoms with Crippen LogP contribution in [0.25, 0.3) is 0 Å². The number of ether oxygens (including phenoxy) is 3. The molecule has 1 aromatic rings. The Morgan fingerprint density at radius 3 is 2.62 bits per heavy atom. The van der Waals surface area contributed by atoms with Crippen molar-refractivity contribution in [2.24, 2.45) is 0 Å². The molecule has 1 aromatic carbocycles. The molecule has 0 saturated carbocycles. The number of aryl methyl sites for hydroxylation is 2. The topological polar surface area (TPSA) is 39.7 Å². The highest BCUT2D eigenvalue weighted by Crippen LogP contribution is 2.33. The van der Waals surface area contributed by atoms with Crippen molar-refractivity contribution in [2.75, 3.05) is 26.9 Å². The second-order valence-corrected chi connectivity index (χ2v) is 5.61. The van der Waals surface area contributed by atoms with Gasteiger partial charge in [0.2, 0.25) is 0 Å². The minimum absolute atomic E-state index is 0.121. The summed E-state index contributed by atoms with van der Waals surface area (Å²) in [4.78, 5) is 0. The highest BCUT2D eigenvalue weighted by molar-refractivity contribution is 5.45. The molecule has 0 radical (unpaired) electrons. The first-order chi connectivity index (χ1) is 10.2. The summed E-state index contributed by atoms with van der Waals surface area (Å²) in [5.74, 6) is 0.944. The molecule has 2 rings (SSSR count). The Bertz CT molecular complexity index is 456. The zero-order valence-corrected chi connectivity index (χ0v) is 13.6. The fourth-order valence-corrected chi connectivity index (χ4v) is 2.91. The third-order valence-electron chi connectivity index (χ3n) is 3.82. The quantitative estimate of drug-likeness (QED) is 0.838. The first kappa shape index (κ1) is 16.3. The third-order valence-corrected chi connectivity index (χ3v) is 3.82. The molecule has 0 bridgehead atoms. The molecule has 4 heteroatoms. The number of hydrogen-bond acceptors (Lipinski definition) is 4. The van der Waals surface area contributed by atoms with Crippen LogP contribution in [0, 0.1) is 13.8 Å². The van der Waals surface area contributed by atoms with Crippen LogP contribution >= 0.6 is 0 Å². The number of methoxy groups -OCH3 is 1. The molecule has 0 aliphatic carbocycles. The predicted octanol–water partition coefficient (Wildman–Crippen LogP) is 3.12. The van der Waals surface area contributed by atoms with Crippen LogP contribution in [0.3, 0.4) is 0 Å². The molecule has 0 aromatic heterocycles. The average molecular weight is 293 g/mol. The molecule has 1 fully saturated rings. The van der Waals surface area contributed by atoms with Crippen LogP contribution in [0.2, 0.25) is 0 Å². The number of hydrogen-bond donors (Lipinski definition) is 1. The minimum Gasteiger partial charge on any atom is -0.496 e. The first-order valence-corrected chi connectivity index (χ1v) is 7.77. The van der Waals surface area contributed by atoms with Gasteiger partial charge in [0.15, 0.2) is 6.29 Å². The van der Waals surface area contributed by atoms with Crippen LogP contribution < -0.4 is 10.1 Å². The SMILES string of the molecule is CCCNC(CC1OCCO1)c1c(C)cc(C)cc1OC. The molecule has 0 amide bonds. The van der Waals surface area contributed by atoms with Crippen molar-refractivity contribution in [3.05, 3.63) is 28.8 Å². The van der Waals surface area contributed by atoms with Crippen LogP contribution in [-0.4, -0.2) is 33.2 Å². The Labute approximate surface area is 127 Å². The maximum absolute atomic E-state index is 5.62. The van der Waals surface area contributed by atoms with Gasteiger partial charge in [0.05, 0.1) is 20.3 Å². The van der Waals surface area contributed by atoms with Crippen LogP contribution in [0.15, 0.2) is 12.1 Å². The largest absolute Gasteiger partial charge is 0.496 e. The Morgan fingerprint density at radius 2 is 2.00 bits per heavy atom. The second kappa shape index (κ2) is 7.78. The predicted molar refractivity (Wildman–Crippen MR) is 83.8 cm³/mol. The van der Waals surface area contributed by atoms with Crippen molar-refractivity contribution < 1.29 is 14.2 Å². The van der Waals surface area contributed by atoms with E-state index in [1.807, 2.05) is 0 Å². The highest BCUT2D eigenvalue weighted by atomic mass is 16.7. The number of rotatable bonds is 7. The van der Waals surface area contributed by atoms with Gasteiger partial charge in [-0.3, -0.25) is 0 Å². The summed E-state index contributed by atoms with van der Waals surface area (Å²) in [5, 5.41) is 3.61. The molecule has 0 spiro atoms. The van der Waals surface area contributed by atoms with E-state index in [-0.39, 0.29) is 12.3 Å². The highest BCUT2D eigenvalue weighted by Gasteiger charge is 2.25. The van der Waals surface area contributed by atoms with E-state index in [1.54, 1.807) is 7.11 Å². The fourth-order valence-electron chi connectivity index (χ4n) is 2.91. The lowest BCUT2D eigenvalue weighted by Gasteiger charge is -2.25. The van der Waals surface area contributed by atoms with Gasteiger partial charge in [-0.1, -0.05) is 13.0 Å². The van der Waals surface area contributed by atoms with E-state index in [2.05, 4.69) is 38.2 Å². The fraction of sp³-hybridized carbons (Fsp3) is 0.647. The maximum atomic E-state index is 5.62. The summed E-state index contributed by atoms with van der Waals surface area (Å²) >= 11 is 0. The molecule has 21 heavy (non-hydrogen) atoms. The van der Waals surface area contributed by atoms with Crippen molar-refractivity contribution in [1.82, 2.24) is 5.32 Å². The summed E-state index contributed by atoms with van der Waals surface area (Å²) in [7, 11) is 1.73. The monoisotopic (exact) mass is 293 g/mol. The summed E-state index contributed by atoms with van der Waals surface area (Å²) < 4.78 is 16.8. The van der Waals surface area contributed by atoms with Gasteiger partial charge in [0.1, 0.15) is 5.75 Å². The lowest BCUT2D eigenvalue weighted by Crippen LogP contribution is -2.27. The summed E-state index contributed by atoms with van der Waals surface area (Å²) in [5.41, 5.74) is 3.69. The standard InChI is InChI=1S/C17H27NO3/c1-5-6-18-14(11-16-20-7-8-21-16)17-13(3)9-12(2)10-15(17)19-4/h9-10,14,16,18H,5-8,11H2,1-4H3. The second-order valence-electron chi connectivity index (χ2n) is 5.61. The number of nitrogens with one attached hydrogen (secondary N) is 1. The van der Waals surface area contributed by atoms with Crippen molar-refractivity contribution in [1.29, 1.82) is 0 Å². The molecular formula is C17H27NO3.